The van der Waals surface area contributed by atoms with Crippen LogP contribution in [0.4, 0.5) is 5.69 Å². The molecule has 0 unspecified atom stereocenters. The van der Waals surface area contributed by atoms with E-state index in [1.165, 1.54) is 13.2 Å². The van der Waals surface area contributed by atoms with Crippen LogP contribution in [0.2, 0.25) is 5.02 Å². The molecule has 1 heterocycles. The first-order valence-corrected chi connectivity index (χ1v) is 7.83. The zero-order valence-corrected chi connectivity index (χ0v) is 14.1. The summed E-state index contributed by atoms with van der Waals surface area (Å²) < 4.78 is 6.77. The summed E-state index contributed by atoms with van der Waals surface area (Å²) in [6.45, 7) is 1.74. The summed E-state index contributed by atoms with van der Waals surface area (Å²) in [5.74, 6) is -0.676. The maximum Gasteiger partial charge on any atom is 0.274 e. The molecular formula is C16H17ClN4O3. The van der Waals surface area contributed by atoms with Gasteiger partial charge in [-0.1, -0.05) is 11.6 Å². The minimum absolute atomic E-state index is 0.165. The Morgan fingerprint density at radius 1 is 1.38 bits per heavy atom. The number of nitrogens with two attached hydrogens (primary N) is 1. The van der Waals surface area contributed by atoms with Crippen molar-refractivity contribution in [2.75, 3.05) is 12.4 Å². The predicted molar refractivity (Wildman–Crippen MR) is 89.7 cm³/mol. The van der Waals surface area contributed by atoms with Gasteiger partial charge < -0.3 is 15.8 Å². The highest BCUT2D eigenvalue weighted by Crippen LogP contribution is 2.36. The average Bonchev–Trinajstić information content (AvgIpc) is 3.28. The Labute approximate surface area is 143 Å². The van der Waals surface area contributed by atoms with Crippen molar-refractivity contribution < 1.29 is 14.3 Å². The van der Waals surface area contributed by atoms with Gasteiger partial charge in [-0.3, -0.25) is 14.3 Å². The maximum absolute atomic E-state index is 12.7. The Morgan fingerprint density at radius 3 is 2.67 bits per heavy atom. The molecule has 0 atom stereocenters. The average molecular weight is 349 g/mol. The van der Waals surface area contributed by atoms with Crippen LogP contribution >= 0.6 is 11.6 Å². The van der Waals surface area contributed by atoms with E-state index in [2.05, 4.69) is 10.4 Å². The zero-order valence-electron chi connectivity index (χ0n) is 13.3. The smallest absolute Gasteiger partial charge is 0.274 e. The molecule has 1 aromatic heterocycles. The highest BCUT2D eigenvalue weighted by Gasteiger charge is 2.30. The van der Waals surface area contributed by atoms with Crippen LogP contribution in [0.5, 0.6) is 5.88 Å². The molecule has 1 fully saturated rings. The molecule has 8 heteroatoms. The zero-order chi connectivity index (χ0) is 17.4. The van der Waals surface area contributed by atoms with Gasteiger partial charge in [-0.2, -0.15) is 0 Å². The fourth-order valence-corrected chi connectivity index (χ4v) is 2.79. The second kappa shape index (κ2) is 6.16. The van der Waals surface area contributed by atoms with Gasteiger partial charge in [0.15, 0.2) is 0 Å². The van der Waals surface area contributed by atoms with Crippen molar-refractivity contribution in [1.29, 1.82) is 0 Å². The van der Waals surface area contributed by atoms with Crippen molar-refractivity contribution in [3.63, 3.8) is 0 Å². The fourth-order valence-electron chi connectivity index (χ4n) is 2.52. The summed E-state index contributed by atoms with van der Waals surface area (Å²) in [6.07, 6.45) is 1.94. The summed E-state index contributed by atoms with van der Waals surface area (Å²) in [6, 6.07) is 4.87. The molecule has 1 aromatic carbocycles. The number of nitrogens with zero attached hydrogens (tertiary/aromatic N) is 2. The van der Waals surface area contributed by atoms with Crippen LogP contribution < -0.4 is 15.8 Å². The Balaban J connectivity index is 1.96. The van der Waals surface area contributed by atoms with Crippen molar-refractivity contribution in [3.8, 4) is 5.88 Å². The Kier molecular flexibility index (Phi) is 4.19. The Bertz CT molecular complexity index is 827. The lowest BCUT2D eigenvalue weighted by Crippen LogP contribution is -2.21. The van der Waals surface area contributed by atoms with Gasteiger partial charge >= 0.3 is 0 Å². The molecule has 1 aliphatic carbocycles. The first-order valence-electron chi connectivity index (χ1n) is 7.45. The molecule has 0 aliphatic heterocycles. The Hall–Kier alpha value is -2.54. The number of hydrogen-bond donors (Lipinski definition) is 2. The van der Waals surface area contributed by atoms with Crippen molar-refractivity contribution in [1.82, 2.24) is 9.78 Å². The molecule has 2 aromatic rings. The highest BCUT2D eigenvalue weighted by atomic mass is 35.5. The number of amides is 2. The van der Waals surface area contributed by atoms with Crippen LogP contribution in [0.25, 0.3) is 0 Å². The number of carbonyl (C=O) groups is 2. The van der Waals surface area contributed by atoms with Gasteiger partial charge in [-0.05, 0) is 37.5 Å². The Morgan fingerprint density at radius 2 is 2.08 bits per heavy atom. The number of carbonyl (C=O) groups excluding carboxylic acids is 2. The molecule has 2 amide bonds. The van der Waals surface area contributed by atoms with Crippen molar-refractivity contribution >= 4 is 29.1 Å². The molecule has 0 spiro atoms. The largest absolute Gasteiger partial charge is 0.480 e. The number of halogens is 1. The van der Waals surface area contributed by atoms with E-state index in [4.69, 9.17) is 22.1 Å². The SMILES string of the molecule is COc1cc(C(=O)Nc2c(C)cc(Cl)cc2C(N)=O)n(C2CC2)n1. The molecule has 24 heavy (non-hydrogen) atoms. The number of anilines is 1. The van der Waals surface area contributed by atoms with Gasteiger partial charge in [0.25, 0.3) is 11.8 Å². The third kappa shape index (κ3) is 3.07. The predicted octanol–water partition coefficient (Wildman–Crippen LogP) is 2.54. The van der Waals surface area contributed by atoms with Crippen molar-refractivity contribution in [2.24, 2.45) is 5.73 Å². The van der Waals surface area contributed by atoms with Gasteiger partial charge in [-0.25, -0.2) is 0 Å². The summed E-state index contributed by atoms with van der Waals surface area (Å²) in [4.78, 5) is 24.4. The lowest BCUT2D eigenvalue weighted by atomic mass is 10.1. The maximum atomic E-state index is 12.7. The minimum Gasteiger partial charge on any atom is -0.480 e. The molecule has 7 nitrogen and oxygen atoms in total. The number of nitrogens with one attached hydrogen (secondary N) is 1. The van der Waals surface area contributed by atoms with Crippen molar-refractivity contribution in [3.05, 3.63) is 40.0 Å². The first kappa shape index (κ1) is 16.3. The number of primary amides is 1. The number of aromatic nitrogens is 2. The lowest BCUT2D eigenvalue weighted by Gasteiger charge is -2.13. The van der Waals surface area contributed by atoms with Crippen LogP contribution in [0.3, 0.4) is 0 Å². The summed E-state index contributed by atoms with van der Waals surface area (Å²) in [5, 5.41) is 7.40. The van der Waals surface area contributed by atoms with Gasteiger partial charge in [0.1, 0.15) is 5.69 Å². The quantitative estimate of drug-likeness (QED) is 0.867. The van der Waals surface area contributed by atoms with Gasteiger partial charge in [-0.15, -0.1) is 5.10 Å². The molecule has 126 valence electrons. The molecular weight excluding hydrogens is 332 g/mol. The van der Waals surface area contributed by atoms with E-state index < -0.39 is 5.91 Å². The number of rotatable bonds is 5. The second-order valence-corrected chi connectivity index (χ2v) is 6.15. The van der Waals surface area contributed by atoms with E-state index in [0.29, 0.717) is 27.8 Å². The van der Waals surface area contributed by atoms with E-state index in [0.717, 1.165) is 12.8 Å². The second-order valence-electron chi connectivity index (χ2n) is 5.71. The van der Waals surface area contributed by atoms with E-state index in [-0.39, 0.29) is 17.5 Å². The van der Waals surface area contributed by atoms with Crippen LogP contribution in [0.15, 0.2) is 18.2 Å². The van der Waals surface area contributed by atoms with E-state index in [1.807, 2.05) is 0 Å². The fraction of sp³-hybridized carbons (Fsp3) is 0.312. The minimum atomic E-state index is -0.663. The molecule has 1 aliphatic rings. The topological polar surface area (TPSA) is 99.2 Å². The number of ether oxygens (including phenoxy) is 1. The molecule has 1 saturated carbocycles. The summed E-state index contributed by atoms with van der Waals surface area (Å²) >= 11 is 5.97. The highest BCUT2D eigenvalue weighted by molar-refractivity contribution is 6.31. The summed E-state index contributed by atoms with van der Waals surface area (Å²) in [7, 11) is 1.50. The molecule has 3 N–H and O–H groups in total. The first-order chi connectivity index (χ1) is 11.4. The lowest BCUT2D eigenvalue weighted by molar-refractivity contribution is 0.100. The normalized spacial score (nSPS) is 13.6. The number of benzene rings is 1. The van der Waals surface area contributed by atoms with Crippen LogP contribution in [0.1, 0.15) is 45.3 Å². The van der Waals surface area contributed by atoms with Crippen molar-refractivity contribution in [2.45, 2.75) is 25.8 Å². The molecule has 0 saturated heterocycles. The van der Waals surface area contributed by atoms with E-state index in [9.17, 15) is 9.59 Å². The van der Waals surface area contributed by atoms with Crippen LogP contribution in [0, 0.1) is 6.92 Å². The standard InChI is InChI=1S/C16H17ClN4O3/c1-8-5-9(17)6-11(15(18)22)14(8)19-16(23)12-7-13(24-2)20-21(12)10-3-4-10/h5-7,10H,3-4H2,1-2H3,(H2,18,22)(H,19,23). The van der Waals surface area contributed by atoms with E-state index in [1.54, 1.807) is 23.7 Å². The third-order valence-electron chi connectivity index (χ3n) is 3.85. The van der Waals surface area contributed by atoms with Gasteiger partial charge in [0.2, 0.25) is 5.88 Å². The monoisotopic (exact) mass is 348 g/mol. The van der Waals surface area contributed by atoms with Crippen LogP contribution in [-0.2, 0) is 0 Å². The summed E-state index contributed by atoms with van der Waals surface area (Å²) in [5.41, 5.74) is 6.93. The molecule has 0 radical (unpaired) electrons. The third-order valence-corrected chi connectivity index (χ3v) is 4.07. The molecule has 0 bridgehead atoms. The number of methoxy groups -OCH3 is 1. The van der Waals surface area contributed by atoms with Gasteiger partial charge in [0.05, 0.1) is 24.4 Å². The van der Waals surface area contributed by atoms with Crippen LogP contribution in [-0.4, -0.2) is 28.7 Å². The van der Waals surface area contributed by atoms with E-state index >= 15 is 0 Å². The number of hydrogen-bond acceptors (Lipinski definition) is 4. The number of aryl methyl sites for hydroxylation is 1. The molecule has 3 rings (SSSR count). The van der Waals surface area contributed by atoms with Gasteiger partial charge in [0, 0.05) is 11.1 Å².